The molecule has 0 N–H and O–H groups in total. The third kappa shape index (κ3) is 2.46. The molecule has 0 aliphatic heterocycles. The average molecular weight is 312 g/mol. The topological polar surface area (TPSA) is 35.5 Å². The normalized spacial score (nSPS) is 10.7. The van der Waals surface area contributed by atoms with Crippen LogP contribution in [0.4, 0.5) is 0 Å². The highest BCUT2D eigenvalue weighted by atomic mass is 32.1. The summed E-state index contributed by atoms with van der Waals surface area (Å²) in [5.41, 5.74) is 3.81. The smallest absolute Gasteiger partial charge is 0.337 e. The standard InChI is InChI=1S/C18H16O3S/c1-11-4-6-13(16(8-11)20-2)15-10-22-17-7-5-12(9-14(15)17)18(19)21-3/h4-10H,1-3H3. The summed E-state index contributed by atoms with van der Waals surface area (Å²) in [4.78, 5) is 11.8. The molecule has 3 rings (SSSR count). The molecule has 0 aliphatic carbocycles. The van der Waals surface area contributed by atoms with Crippen LogP contribution in [0.5, 0.6) is 5.75 Å². The highest BCUT2D eigenvalue weighted by Crippen LogP contribution is 2.39. The Morgan fingerprint density at radius 2 is 1.86 bits per heavy atom. The lowest BCUT2D eigenvalue weighted by molar-refractivity contribution is 0.0601. The van der Waals surface area contributed by atoms with Gasteiger partial charge in [-0.05, 0) is 42.1 Å². The van der Waals surface area contributed by atoms with E-state index >= 15 is 0 Å². The number of rotatable bonds is 3. The first-order valence-corrected chi connectivity index (χ1v) is 7.76. The SMILES string of the molecule is COC(=O)c1ccc2scc(-c3ccc(C)cc3OC)c2c1. The van der Waals surface area contributed by atoms with Crippen molar-refractivity contribution in [3.05, 3.63) is 52.9 Å². The van der Waals surface area contributed by atoms with Crippen LogP contribution in [-0.4, -0.2) is 20.2 Å². The quantitative estimate of drug-likeness (QED) is 0.659. The summed E-state index contributed by atoms with van der Waals surface area (Å²) in [6.07, 6.45) is 0. The molecule has 1 aromatic heterocycles. The minimum absolute atomic E-state index is 0.324. The first-order valence-electron chi connectivity index (χ1n) is 6.88. The van der Waals surface area contributed by atoms with Crippen LogP contribution in [0.15, 0.2) is 41.8 Å². The Labute approximate surface area is 133 Å². The molecule has 1 heterocycles. The number of aryl methyl sites for hydroxylation is 1. The predicted molar refractivity (Wildman–Crippen MR) is 89.9 cm³/mol. The molecular weight excluding hydrogens is 296 g/mol. The van der Waals surface area contributed by atoms with Gasteiger partial charge in [-0.25, -0.2) is 4.79 Å². The van der Waals surface area contributed by atoms with Gasteiger partial charge in [0, 0.05) is 21.2 Å². The third-order valence-electron chi connectivity index (χ3n) is 3.64. The van der Waals surface area contributed by atoms with Crippen molar-refractivity contribution in [1.82, 2.24) is 0 Å². The van der Waals surface area contributed by atoms with Crippen molar-refractivity contribution >= 4 is 27.4 Å². The van der Waals surface area contributed by atoms with Gasteiger partial charge in [-0.1, -0.05) is 12.1 Å². The molecule has 0 saturated carbocycles. The zero-order valence-corrected chi connectivity index (χ0v) is 13.5. The molecule has 0 amide bonds. The summed E-state index contributed by atoms with van der Waals surface area (Å²) in [6.45, 7) is 2.04. The molecule has 0 radical (unpaired) electrons. The van der Waals surface area contributed by atoms with Gasteiger partial charge in [-0.3, -0.25) is 0 Å². The Bertz CT molecular complexity index is 849. The lowest BCUT2D eigenvalue weighted by Gasteiger charge is -2.09. The van der Waals surface area contributed by atoms with Gasteiger partial charge in [0.1, 0.15) is 5.75 Å². The Balaban J connectivity index is 2.21. The Hall–Kier alpha value is -2.33. The number of hydrogen-bond donors (Lipinski definition) is 0. The van der Waals surface area contributed by atoms with Crippen LogP contribution in [0, 0.1) is 6.92 Å². The number of carbonyl (C=O) groups excluding carboxylic acids is 1. The zero-order valence-electron chi connectivity index (χ0n) is 12.7. The molecule has 0 atom stereocenters. The Kier molecular flexibility index (Phi) is 3.86. The van der Waals surface area contributed by atoms with E-state index in [1.165, 1.54) is 7.11 Å². The molecule has 2 aromatic carbocycles. The van der Waals surface area contributed by atoms with Crippen LogP contribution in [0.3, 0.4) is 0 Å². The largest absolute Gasteiger partial charge is 0.496 e. The molecule has 0 saturated heterocycles. The number of methoxy groups -OCH3 is 2. The van der Waals surface area contributed by atoms with Gasteiger partial charge in [0.2, 0.25) is 0 Å². The van der Waals surface area contributed by atoms with Crippen molar-refractivity contribution in [2.24, 2.45) is 0 Å². The number of esters is 1. The van der Waals surface area contributed by atoms with Gasteiger partial charge in [0.05, 0.1) is 19.8 Å². The van der Waals surface area contributed by atoms with Gasteiger partial charge in [-0.2, -0.15) is 0 Å². The first-order chi connectivity index (χ1) is 10.6. The molecule has 0 aliphatic rings. The van der Waals surface area contributed by atoms with E-state index in [-0.39, 0.29) is 5.97 Å². The number of hydrogen-bond acceptors (Lipinski definition) is 4. The van der Waals surface area contributed by atoms with E-state index in [9.17, 15) is 4.79 Å². The van der Waals surface area contributed by atoms with Crippen molar-refractivity contribution in [2.75, 3.05) is 14.2 Å². The molecular formula is C18H16O3S. The van der Waals surface area contributed by atoms with Gasteiger partial charge in [-0.15, -0.1) is 11.3 Å². The maximum atomic E-state index is 11.8. The van der Waals surface area contributed by atoms with Crippen molar-refractivity contribution in [3.63, 3.8) is 0 Å². The third-order valence-corrected chi connectivity index (χ3v) is 4.61. The van der Waals surface area contributed by atoms with Crippen LogP contribution >= 0.6 is 11.3 Å². The molecule has 0 fully saturated rings. The first kappa shape index (κ1) is 14.6. The van der Waals surface area contributed by atoms with E-state index in [0.29, 0.717) is 5.56 Å². The lowest BCUT2D eigenvalue weighted by Crippen LogP contribution is -2.00. The summed E-state index contributed by atoms with van der Waals surface area (Å²) in [5, 5.41) is 3.13. The molecule has 0 bridgehead atoms. The number of benzene rings is 2. The fraction of sp³-hybridized carbons (Fsp3) is 0.167. The van der Waals surface area contributed by atoms with Gasteiger partial charge >= 0.3 is 5.97 Å². The van der Waals surface area contributed by atoms with Gasteiger partial charge in [0.15, 0.2) is 0 Å². The molecule has 22 heavy (non-hydrogen) atoms. The summed E-state index contributed by atoms with van der Waals surface area (Å²) in [7, 11) is 3.07. The fourth-order valence-corrected chi connectivity index (χ4v) is 3.44. The minimum Gasteiger partial charge on any atom is -0.496 e. The van der Waals surface area contributed by atoms with Crippen LogP contribution in [0.25, 0.3) is 21.2 Å². The molecule has 3 aromatic rings. The Morgan fingerprint density at radius 3 is 2.59 bits per heavy atom. The summed E-state index contributed by atoms with van der Waals surface area (Å²) in [6, 6.07) is 11.8. The monoisotopic (exact) mass is 312 g/mol. The molecule has 3 nitrogen and oxygen atoms in total. The van der Waals surface area contributed by atoms with Crippen molar-refractivity contribution < 1.29 is 14.3 Å². The van der Waals surface area contributed by atoms with Gasteiger partial charge in [0.25, 0.3) is 0 Å². The van der Waals surface area contributed by atoms with E-state index in [2.05, 4.69) is 17.5 Å². The minimum atomic E-state index is -0.324. The number of thiophene rings is 1. The van der Waals surface area contributed by atoms with E-state index in [1.54, 1.807) is 24.5 Å². The fourth-order valence-electron chi connectivity index (χ4n) is 2.50. The number of carbonyl (C=O) groups is 1. The molecule has 0 unspecified atom stereocenters. The van der Waals surface area contributed by atoms with Crippen LogP contribution in [0.1, 0.15) is 15.9 Å². The predicted octanol–water partition coefficient (Wildman–Crippen LogP) is 4.67. The second-order valence-corrected chi connectivity index (χ2v) is 5.97. The lowest BCUT2D eigenvalue weighted by atomic mass is 10.0. The van der Waals surface area contributed by atoms with E-state index in [4.69, 9.17) is 9.47 Å². The second-order valence-electron chi connectivity index (χ2n) is 5.06. The van der Waals surface area contributed by atoms with Crippen LogP contribution < -0.4 is 4.74 Å². The second kappa shape index (κ2) is 5.81. The Morgan fingerprint density at radius 1 is 1.05 bits per heavy atom. The van der Waals surface area contributed by atoms with Crippen molar-refractivity contribution in [3.8, 4) is 16.9 Å². The summed E-state index contributed by atoms with van der Waals surface area (Å²) >= 11 is 1.65. The highest BCUT2D eigenvalue weighted by molar-refractivity contribution is 7.17. The summed E-state index contributed by atoms with van der Waals surface area (Å²) < 4.78 is 11.4. The average Bonchev–Trinajstić information content (AvgIpc) is 2.96. The van der Waals surface area contributed by atoms with E-state index < -0.39 is 0 Å². The highest BCUT2D eigenvalue weighted by Gasteiger charge is 2.14. The summed E-state index contributed by atoms with van der Waals surface area (Å²) in [5.74, 6) is 0.512. The molecule has 4 heteroatoms. The maximum absolute atomic E-state index is 11.8. The van der Waals surface area contributed by atoms with Crippen LogP contribution in [0.2, 0.25) is 0 Å². The van der Waals surface area contributed by atoms with Crippen molar-refractivity contribution in [1.29, 1.82) is 0 Å². The number of ether oxygens (including phenoxy) is 2. The molecule has 112 valence electrons. The van der Waals surface area contributed by atoms with E-state index in [0.717, 1.165) is 32.5 Å². The van der Waals surface area contributed by atoms with Crippen LogP contribution in [-0.2, 0) is 4.74 Å². The zero-order chi connectivity index (χ0) is 15.7. The number of fused-ring (bicyclic) bond motifs is 1. The van der Waals surface area contributed by atoms with Crippen molar-refractivity contribution in [2.45, 2.75) is 6.92 Å². The van der Waals surface area contributed by atoms with E-state index in [1.807, 2.05) is 25.1 Å². The molecule has 0 spiro atoms. The van der Waals surface area contributed by atoms with Gasteiger partial charge < -0.3 is 9.47 Å². The maximum Gasteiger partial charge on any atom is 0.337 e.